The molecule has 1 N–H and O–H groups in total. The summed E-state index contributed by atoms with van der Waals surface area (Å²) in [6.07, 6.45) is 0. The molecule has 3 rings (SSSR count). The molecule has 0 radical (unpaired) electrons. The van der Waals surface area contributed by atoms with Gasteiger partial charge in [-0.05, 0) is 62.7 Å². The van der Waals surface area contributed by atoms with Crippen LogP contribution >= 0.6 is 11.6 Å². The molecule has 0 aliphatic rings. The van der Waals surface area contributed by atoms with E-state index in [0.29, 0.717) is 17.3 Å². The number of anilines is 1. The Labute approximate surface area is 240 Å². The van der Waals surface area contributed by atoms with Gasteiger partial charge in [0.2, 0.25) is 11.8 Å². The number of carbonyl (C=O) groups excluding carboxylic acids is 2. The van der Waals surface area contributed by atoms with Crippen LogP contribution in [0.5, 0.6) is 11.5 Å². The summed E-state index contributed by atoms with van der Waals surface area (Å²) in [5, 5.41) is 3.26. The Morgan fingerprint density at radius 3 is 2.20 bits per heavy atom. The third-order valence-corrected chi connectivity index (χ3v) is 8.35. The summed E-state index contributed by atoms with van der Waals surface area (Å²) in [5.74, 6) is -0.350. The van der Waals surface area contributed by atoms with Crippen LogP contribution in [-0.2, 0) is 26.2 Å². The minimum absolute atomic E-state index is 0.00296. The van der Waals surface area contributed by atoms with Crippen LogP contribution in [-0.4, -0.2) is 58.5 Å². The zero-order valence-corrected chi connectivity index (χ0v) is 24.8. The molecule has 0 unspecified atom stereocenters. The first-order valence-electron chi connectivity index (χ1n) is 12.6. The second-order valence-electron chi connectivity index (χ2n) is 9.08. The third-order valence-electron chi connectivity index (χ3n) is 6.33. The van der Waals surface area contributed by atoms with Crippen LogP contribution in [0, 0.1) is 6.92 Å². The lowest BCUT2D eigenvalue weighted by atomic mass is 10.1. The summed E-state index contributed by atoms with van der Waals surface area (Å²) in [7, 11) is -1.39. The number of methoxy groups -OCH3 is 2. The fourth-order valence-corrected chi connectivity index (χ4v) is 5.58. The standard InChI is InChI=1S/C29H34ClN3O6S/c1-6-31-29(35)21(3)32(18-22-9-11-23(30)12-10-22)28(34)19-33(26-17-24(38-4)13-16-27(26)39-5)40(36,37)25-14-7-20(2)8-15-25/h7-17,21H,6,18-19H2,1-5H3,(H,31,35)/t21-/m0/s1. The van der Waals surface area contributed by atoms with E-state index in [-0.39, 0.29) is 28.8 Å². The number of amides is 2. The van der Waals surface area contributed by atoms with Gasteiger partial charge in [0.15, 0.2) is 0 Å². The summed E-state index contributed by atoms with van der Waals surface area (Å²) in [6, 6.07) is 17.0. The minimum atomic E-state index is -4.26. The van der Waals surface area contributed by atoms with Gasteiger partial charge in [-0.2, -0.15) is 0 Å². The minimum Gasteiger partial charge on any atom is -0.497 e. The lowest BCUT2D eigenvalue weighted by Gasteiger charge is -2.32. The van der Waals surface area contributed by atoms with Gasteiger partial charge in [-0.15, -0.1) is 0 Å². The van der Waals surface area contributed by atoms with Gasteiger partial charge in [0.25, 0.3) is 10.0 Å². The molecule has 40 heavy (non-hydrogen) atoms. The van der Waals surface area contributed by atoms with Gasteiger partial charge < -0.3 is 19.7 Å². The smallest absolute Gasteiger partial charge is 0.264 e. The first-order chi connectivity index (χ1) is 19.0. The number of sulfonamides is 1. The average molecular weight is 588 g/mol. The van der Waals surface area contributed by atoms with E-state index in [1.54, 1.807) is 62.4 Å². The number of hydrogen-bond acceptors (Lipinski definition) is 6. The van der Waals surface area contributed by atoms with Crippen molar-refractivity contribution in [3.05, 3.63) is 82.9 Å². The number of hydrogen-bond donors (Lipinski definition) is 1. The highest BCUT2D eigenvalue weighted by Gasteiger charge is 2.34. The van der Waals surface area contributed by atoms with Crippen LogP contribution in [0.2, 0.25) is 5.02 Å². The number of aryl methyl sites for hydroxylation is 1. The number of nitrogens with one attached hydrogen (secondary N) is 1. The number of likely N-dealkylation sites (N-methyl/N-ethyl adjacent to an activating group) is 1. The van der Waals surface area contributed by atoms with Crippen molar-refractivity contribution in [2.45, 2.75) is 38.3 Å². The lowest BCUT2D eigenvalue weighted by Crippen LogP contribution is -2.51. The Bertz CT molecular complexity index is 1430. The Hall–Kier alpha value is -3.76. The fraction of sp³-hybridized carbons (Fsp3) is 0.310. The zero-order chi connectivity index (χ0) is 29.4. The van der Waals surface area contributed by atoms with Crippen LogP contribution in [0.25, 0.3) is 0 Å². The molecular weight excluding hydrogens is 554 g/mol. The van der Waals surface area contributed by atoms with Gasteiger partial charge in [-0.25, -0.2) is 8.42 Å². The molecule has 0 bridgehead atoms. The SMILES string of the molecule is CCNC(=O)[C@H](C)N(Cc1ccc(Cl)cc1)C(=O)CN(c1cc(OC)ccc1OC)S(=O)(=O)c1ccc(C)cc1. The fourth-order valence-electron chi connectivity index (χ4n) is 4.03. The summed E-state index contributed by atoms with van der Waals surface area (Å²) >= 11 is 6.03. The van der Waals surface area contributed by atoms with E-state index in [9.17, 15) is 18.0 Å². The van der Waals surface area contributed by atoms with Crippen LogP contribution < -0.4 is 19.1 Å². The second kappa shape index (κ2) is 13.5. The number of halogens is 1. The first-order valence-corrected chi connectivity index (χ1v) is 14.5. The Balaban J connectivity index is 2.12. The molecule has 0 aliphatic carbocycles. The van der Waals surface area contributed by atoms with E-state index in [2.05, 4.69) is 5.32 Å². The van der Waals surface area contributed by atoms with Crippen molar-refractivity contribution in [3.63, 3.8) is 0 Å². The highest BCUT2D eigenvalue weighted by molar-refractivity contribution is 7.92. The molecule has 0 aromatic heterocycles. The Morgan fingerprint density at radius 1 is 0.975 bits per heavy atom. The summed E-state index contributed by atoms with van der Waals surface area (Å²) in [4.78, 5) is 28.1. The topological polar surface area (TPSA) is 105 Å². The third kappa shape index (κ3) is 7.25. The van der Waals surface area contributed by atoms with Crippen molar-refractivity contribution >= 4 is 39.1 Å². The molecule has 214 valence electrons. The molecule has 0 fully saturated rings. The highest BCUT2D eigenvalue weighted by atomic mass is 35.5. The largest absolute Gasteiger partial charge is 0.497 e. The molecule has 2 amide bonds. The van der Waals surface area contributed by atoms with Crippen LogP contribution in [0.3, 0.4) is 0 Å². The van der Waals surface area contributed by atoms with Gasteiger partial charge in [-0.3, -0.25) is 13.9 Å². The summed E-state index contributed by atoms with van der Waals surface area (Å²) < 4.78 is 39.9. The molecule has 3 aromatic carbocycles. The van der Waals surface area contributed by atoms with Crippen molar-refractivity contribution in [1.82, 2.24) is 10.2 Å². The van der Waals surface area contributed by atoms with Crippen molar-refractivity contribution in [1.29, 1.82) is 0 Å². The molecule has 0 saturated carbocycles. The number of nitrogens with zero attached hydrogens (tertiary/aromatic N) is 2. The molecule has 0 aliphatic heterocycles. The number of rotatable bonds is 12. The van der Waals surface area contributed by atoms with Gasteiger partial charge in [-0.1, -0.05) is 41.4 Å². The second-order valence-corrected chi connectivity index (χ2v) is 11.4. The normalized spacial score (nSPS) is 11.8. The molecule has 11 heteroatoms. The maximum atomic E-state index is 14.0. The maximum absolute atomic E-state index is 14.0. The molecule has 9 nitrogen and oxygen atoms in total. The first kappa shape index (κ1) is 30.8. The Morgan fingerprint density at radius 2 is 1.62 bits per heavy atom. The van der Waals surface area contributed by atoms with Crippen LogP contribution in [0.15, 0.2) is 71.6 Å². The van der Waals surface area contributed by atoms with Crippen LogP contribution in [0.4, 0.5) is 5.69 Å². The molecular formula is C29H34ClN3O6S. The predicted octanol–water partition coefficient (Wildman–Crippen LogP) is 4.41. The van der Waals surface area contributed by atoms with Crippen LogP contribution in [0.1, 0.15) is 25.0 Å². The van der Waals surface area contributed by atoms with E-state index < -0.39 is 28.5 Å². The predicted molar refractivity (Wildman–Crippen MR) is 155 cm³/mol. The van der Waals surface area contributed by atoms with E-state index in [4.69, 9.17) is 21.1 Å². The zero-order valence-electron chi connectivity index (χ0n) is 23.2. The van der Waals surface area contributed by atoms with Crippen molar-refractivity contribution < 1.29 is 27.5 Å². The van der Waals surface area contributed by atoms with Crippen molar-refractivity contribution in [2.24, 2.45) is 0 Å². The van der Waals surface area contributed by atoms with E-state index in [1.807, 2.05) is 6.92 Å². The number of ether oxygens (including phenoxy) is 2. The lowest BCUT2D eigenvalue weighted by molar-refractivity contribution is -0.139. The highest BCUT2D eigenvalue weighted by Crippen LogP contribution is 2.36. The summed E-state index contributed by atoms with van der Waals surface area (Å²) in [5.41, 5.74) is 1.72. The molecule has 0 spiro atoms. The number of benzene rings is 3. The maximum Gasteiger partial charge on any atom is 0.264 e. The molecule has 1 atom stereocenters. The van der Waals surface area contributed by atoms with Gasteiger partial charge in [0.1, 0.15) is 24.1 Å². The number of carbonyl (C=O) groups is 2. The van der Waals surface area contributed by atoms with Crippen molar-refractivity contribution in [2.75, 3.05) is 31.6 Å². The van der Waals surface area contributed by atoms with Gasteiger partial charge >= 0.3 is 0 Å². The molecule has 0 heterocycles. The quantitative estimate of drug-likeness (QED) is 0.336. The molecule has 0 saturated heterocycles. The van der Waals surface area contributed by atoms with Gasteiger partial charge in [0.05, 0.1) is 24.8 Å². The Kier molecular flexibility index (Phi) is 10.4. The monoisotopic (exact) mass is 587 g/mol. The van der Waals surface area contributed by atoms with E-state index in [1.165, 1.54) is 37.3 Å². The van der Waals surface area contributed by atoms with Crippen molar-refractivity contribution in [3.8, 4) is 11.5 Å². The van der Waals surface area contributed by atoms with E-state index in [0.717, 1.165) is 15.4 Å². The average Bonchev–Trinajstić information content (AvgIpc) is 2.95. The summed E-state index contributed by atoms with van der Waals surface area (Å²) in [6.45, 7) is 5.06. The van der Waals surface area contributed by atoms with E-state index >= 15 is 0 Å². The van der Waals surface area contributed by atoms with Gasteiger partial charge in [0, 0.05) is 24.2 Å². The molecule has 3 aromatic rings.